The number of aliphatic hydroxyl groups is 1. The van der Waals surface area contributed by atoms with Gasteiger partial charge in [0.15, 0.2) is 16.3 Å². The number of benzene rings is 1. The number of nitrogens with zero attached hydrogens (tertiary/aromatic N) is 3. The lowest BCUT2D eigenvalue weighted by molar-refractivity contribution is 0.0910. The lowest BCUT2D eigenvalue weighted by Crippen LogP contribution is -2.30. The Kier molecular flexibility index (Phi) is 6.49. The first-order valence-corrected chi connectivity index (χ1v) is 10.4. The maximum atomic E-state index is 12.5. The highest BCUT2D eigenvalue weighted by Gasteiger charge is 2.20. The number of hydrogen-bond donors (Lipinski definition) is 2. The highest BCUT2D eigenvalue weighted by Crippen LogP contribution is 2.24. The van der Waals surface area contributed by atoms with Crippen molar-refractivity contribution in [2.75, 3.05) is 12.4 Å². The molecule has 2 aromatic heterocycles. The second kappa shape index (κ2) is 8.87. The van der Waals surface area contributed by atoms with Crippen molar-refractivity contribution in [1.82, 2.24) is 19.1 Å². The average Bonchev–Trinajstić information content (AvgIpc) is 3.03. The molecule has 1 atom stereocenters. The van der Waals surface area contributed by atoms with E-state index < -0.39 is 17.4 Å². The normalized spacial score (nSPS) is 12.6. The molecule has 0 saturated carbocycles. The second-order valence-electron chi connectivity index (χ2n) is 7.43. The third kappa shape index (κ3) is 4.73. The van der Waals surface area contributed by atoms with Crippen LogP contribution >= 0.6 is 11.8 Å². The van der Waals surface area contributed by atoms with E-state index in [4.69, 9.17) is 4.74 Å². The van der Waals surface area contributed by atoms with Crippen molar-refractivity contribution in [2.24, 2.45) is 13.0 Å². The van der Waals surface area contributed by atoms with Gasteiger partial charge in [-0.05, 0) is 24.5 Å². The lowest BCUT2D eigenvalue weighted by Gasteiger charge is -2.16. The standard InChI is InChI=1S/C20H26N4O4S/c1-12(2)11-29-20-21-17-16(18(26)22-19(27)23(17)4)24(20)9-14(25)10-28-15-8-6-5-7-13(15)3/h5-8,12,14,25H,9-11H2,1-4H3,(H,22,26,27)/t14-/m1/s1. The quantitative estimate of drug-likeness (QED) is 0.542. The van der Waals surface area contributed by atoms with E-state index in [0.717, 1.165) is 11.3 Å². The highest BCUT2D eigenvalue weighted by molar-refractivity contribution is 7.99. The van der Waals surface area contributed by atoms with Crippen molar-refractivity contribution in [3.05, 3.63) is 50.7 Å². The van der Waals surface area contributed by atoms with Gasteiger partial charge in [0.25, 0.3) is 5.56 Å². The van der Waals surface area contributed by atoms with Crippen molar-refractivity contribution < 1.29 is 9.84 Å². The molecule has 0 fully saturated rings. The summed E-state index contributed by atoms with van der Waals surface area (Å²) in [6, 6.07) is 7.58. The fourth-order valence-electron chi connectivity index (χ4n) is 2.90. The molecule has 0 saturated heterocycles. The van der Waals surface area contributed by atoms with E-state index in [0.29, 0.717) is 22.5 Å². The zero-order valence-electron chi connectivity index (χ0n) is 17.0. The van der Waals surface area contributed by atoms with Gasteiger partial charge in [0.2, 0.25) is 0 Å². The van der Waals surface area contributed by atoms with Gasteiger partial charge in [-0.1, -0.05) is 43.8 Å². The molecule has 0 bridgehead atoms. The predicted octanol–water partition coefficient (Wildman–Crippen LogP) is 1.92. The van der Waals surface area contributed by atoms with E-state index in [9.17, 15) is 14.7 Å². The molecule has 0 unspecified atom stereocenters. The Hall–Kier alpha value is -2.52. The molecule has 0 amide bonds. The molecule has 0 aliphatic rings. The van der Waals surface area contributed by atoms with Crippen LogP contribution in [-0.4, -0.2) is 42.7 Å². The Labute approximate surface area is 172 Å². The first kappa shape index (κ1) is 21.2. The molecule has 2 N–H and O–H groups in total. The van der Waals surface area contributed by atoms with Crippen LogP contribution < -0.4 is 16.0 Å². The fourth-order valence-corrected chi connectivity index (χ4v) is 3.86. The summed E-state index contributed by atoms with van der Waals surface area (Å²) in [5, 5.41) is 11.2. The summed E-state index contributed by atoms with van der Waals surface area (Å²) in [5.41, 5.74) is 0.521. The number of thioether (sulfide) groups is 1. The van der Waals surface area contributed by atoms with E-state index in [1.165, 1.54) is 16.3 Å². The van der Waals surface area contributed by atoms with Crippen LogP contribution in [0.5, 0.6) is 5.75 Å². The summed E-state index contributed by atoms with van der Waals surface area (Å²) in [4.78, 5) is 31.2. The number of hydrogen-bond acceptors (Lipinski definition) is 6. The van der Waals surface area contributed by atoms with Crippen LogP contribution in [0.1, 0.15) is 19.4 Å². The van der Waals surface area contributed by atoms with Gasteiger partial charge in [0.05, 0.1) is 6.54 Å². The maximum Gasteiger partial charge on any atom is 0.329 e. The average molecular weight is 419 g/mol. The number of aryl methyl sites for hydroxylation is 2. The van der Waals surface area contributed by atoms with Crippen molar-refractivity contribution in [1.29, 1.82) is 0 Å². The van der Waals surface area contributed by atoms with E-state index in [1.807, 2.05) is 31.2 Å². The first-order valence-electron chi connectivity index (χ1n) is 9.46. The molecule has 9 heteroatoms. The zero-order valence-corrected chi connectivity index (χ0v) is 17.8. The van der Waals surface area contributed by atoms with Gasteiger partial charge in [-0.3, -0.25) is 14.3 Å². The predicted molar refractivity (Wildman–Crippen MR) is 114 cm³/mol. The number of fused-ring (bicyclic) bond motifs is 1. The third-order valence-electron chi connectivity index (χ3n) is 4.44. The minimum Gasteiger partial charge on any atom is -0.491 e. The van der Waals surface area contributed by atoms with E-state index in [1.54, 1.807) is 11.6 Å². The summed E-state index contributed by atoms with van der Waals surface area (Å²) < 4.78 is 8.72. The number of aromatic amines is 1. The van der Waals surface area contributed by atoms with Gasteiger partial charge in [-0.25, -0.2) is 9.78 Å². The number of nitrogens with one attached hydrogen (secondary N) is 1. The van der Waals surface area contributed by atoms with E-state index in [-0.39, 0.29) is 18.7 Å². The SMILES string of the molecule is Cc1ccccc1OC[C@H](O)Cn1c(SCC(C)C)nc2c1c(=O)[nH]c(=O)n2C. The molecule has 0 aliphatic heterocycles. The summed E-state index contributed by atoms with van der Waals surface area (Å²) in [6.45, 7) is 6.32. The van der Waals surface area contributed by atoms with Crippen LogP contribution in [0.3, 0.4) is 0 Å². The van der Waals surface area contributed by atoms with Crippen LogP contribution in [0.2, 0.25) is 0 Å². The monoisotopic (exact) mass is 418 g/mol. The number of aromatic nitrogens is 4. The van der Waals surface area contributed by atoms with Crippen LogP contribution in [0.4, 0.5) is 0 Å². The van der Waals surface area contributed by atoms with Crippen molar-refractivity contribution in [3.63, 3.8) is 0 Å². The molecule has 3 aromatic rings. The first-order chi connectivity index (χ1) is 13.8. The van der Waals surface area contributed by atoms with Crippen molar-refractivity contribution >= 4 is 22.9 Å². The number of rotatable bonds is 8. The van der Waals surface area contributed by atoms with Crippen molar-refractivity contribution in [3.8, 4) is 5.75 Å². The molecule has 0 spiro atoms. The summed E-state index contributed by atoms with van der Waals surface area (Å²) in [7, 11) is 1.56. The number of H-pyrrole nitrogens is 1. The van der Waals surface area contributed by atoms with Gasteiger partial charge >= 0.3 is 5.69 Å². The van der Waals surface area contributed by atoms with Crippen LogP contribution in [0.15, 0.2) is 39.0 Å². The molecule has 3 rings (SSSR count). The molecule has 29 heavy (non-hydrogen) atoms. The fraction of sp³-hybridized carbons (Fsp3) is 0.450. The second-order valence-corrected chi connectivity index (χ2v) is 8.42. The molecule has 0 radical (unpaired) electrons. The Bertz CT molecular complexity index is 1120. The van der Waals surface area contributed by atoms with Crippen LogP contribution in [-0.2, 0) is 13.6 Å². The smallest absolute Gasteiger partial charge is 0.329 e. The Morgan fingerprint density at radius 1 is 1.28 bits per heavy atom. The number of aliphatic hydroxyl groups excluding tert-OH is 1. The molecular weight excluding hydrogens is 392 g/mol. The number of imidazole rings is 1. The maximum absolute atomic E-state index is 12.5. The summed E-state index contributed by atoms with van der Waals surface area (Å²) in [6.07, 6.45) is -0.859. The minimum absolute atomic E-state index is 0.0719. The molecule has 1 aromatic carbocycles. The molecule has 2 heterocycles. The summed E-state index contributed by atoms with van der Waals surface area (Å²) in [5.74, 6) is 1.92. The van der Waals surface area contributed by atoms with Gasteiger partial charge in [-0.2, -0.15) is 0 Å². The van der Waals surface area contributed by atoms with Crippen LogP contribution in [0.25, 0.3) is 11.2 Å². The number of para-hydroxylation sites is 1. The zero-order chi connectivity index (χ0) is 21.1. The molecule has 8 nitrogen and oxygen atoms in total. The Morgan fingerprint density at radius 2 is 2.00 bits per heavy atom. The van der Waals surface area contributed by atoms with Gasteiger partial charge < -0.3 is 14.4 Å². The number of ether oxygens (including phenoxy) is 1. The molecule has 0 aliphatic carbocycles. The van der Waals surface area contributed by atoms with Crippen molar-refractivity contribution in [2.45, 2.75) is 38.6 Å². The minimum atomic E-state index is -0.859. The topological polar surface area (TPSA) is 102 Å². The van der Waals surface area contributed by atoms with Crippen LogP contribution in [0, 0.1) is 12.8 Å². The highest BCUT2D eigenvalue weighted by atomic mass is 32.2. The Morgan fingerprint density at radius 3 is 2.69 bits per heavy atom. The molecule has 156 valence electrons. The van der Waals surface area contributed by atoms with Gasteiger partial charge in [0.1, 0.15) is 18.5 Å². The van der Waals surface area contributed by atoms with E-state index in [2.05, 4.69) is 23.8 Å². The largest absolute Gasteiger partial charge is 0.491 e. The lowest BCUT2D eigenvalue weighted by atomic mass is 10.2. The Balaban J connectivity index is 1.90. The third-order valence-corrected chi connectivity index (χ3v) is 5.84. The van der Waals surface area contributed by atoms with Gasteiger partial charge in [-0.15, -0.1) is 0 Å². The molecular formula is C20H26N4O4S. The van der Waals surface area contributed by atoms with E-state index >= 15 is 0 Å². The summed E-state index contributed by atoms with van der Waals surface area (Å²) >= 11 is 1.49. The van der Waals surface area contributed by atoms with Gasteiger partial charge in [0, 0.05) is 12.8 Å².